The lowest BCUT2D eigenvalue weighted by Crippen LogP contribution is -2.55. The second-order valence-electron chi connectivity index (χ2n) is 6.83. The van der Waals surface area contributed by atoms with Gasteiger partial charge in [-0.05, 0) is 30.9 Å². The topological polar surface area (TPSA) is 37.4 Å². The number of nitrogens with zero attached hydrogens (tertiary/aromatic N) is 1. The van der Waals surface area contributed by atoms with Gasteiger partial charge in [0.2, 0.25) is 0 Å². The monoisotopic (exact) mass is 303 g/mol. The SMILES string of the molecule is O=C1c2ccccc2C(=O)C12Cc1ccccc1N1CCCC12. The minimum absolute atomic E-state index is 0.00444. The van der Waals surface area contributed by atoms with Gasteiger partial charge in [0.25, 0.3) is 0 Å². The average molecular weight is 303 g/mol. The van der Waals surface area contributed by atoms with Crippen LogP contribution in [0.4, 0.5) is 5.69 Å². The van der Waals surface area contributed by atoms with Gasteiger partial charge in [0.1, 0.15) is 5.41 Å². The summed E-state index contributed by atoms with van der Waals surface area (Å²) in [7, 11) is 0. The fourth-order valence-electron chi connectivity index (χ4n) is 4.85. The molecule has 2 aromatic carbocycles. The number of rotatable bonds is 0. The number of hydrogen-bond acceptors (Lipinski definition) is 3. The van der Waals surface area contributed by atoms with Crippen molar-refractivity contribution in [1.82, 2.24) is 0 Å². The second-order valence-corrected chi connectivity index (χ2v) is 6.83. The van der Waals surface area contributed by atoms with Gasteiger partial charge in [0.15, 0.2) is 11.6 Å². The zero-order valence-electron chi connectivity index (χ0n) is 12.8. The van der Waals surface area contributed by atoms with Crippen LogP contribution in [0.2, 0.25) is 0 Å². The predicted octanol–water partition coefficient (Wildman–Crippen LogP) is 3.28. The molecular formula is C20H17NO2. The summed E-state index contributed by atoms with van der Waals surface area (Å²) < 4.78 is 0. The lowest BCUT2D eigenvalue weighted by molar-refractivity contribution is 0.0644. The van der Waals surface area contributed by atoms with Crippen LogP contribution in [-0.2, 0) is 6.42 Å². The molecule has 1 atom stereocenters. The van der Waals surface area contributed by atoms with E-state index in [9.17, 15) is 9.59 Å². The van der Waals surface area contributed by atoms with Crippen molar-refractivity contribution in [2.45, 2.75) is 25.3 Å². The lowest BCUT2D eigenvalue weighted by atomic mass is 9.68. The molecule has 1 spiro atoms. The molecule has 3 aliphatic rings. The Balaban J connectivity index is 1.75. The Morgan fingerprint density at radius 3 is 2.30 bits per heavy atom. The quantitative estimate of drug-likeness (QED) is 0.701. The van der Waals surface area contributed by atoms with Crippen molar-refractivity contribution in [3.05, 3.63) is 65.2 Å². The van der Waals surface area contributed by atoms with Crippen molar-refractivity contribution in [3.63, 3.8) is 0 Å². The molecule has 0 saturated carbocycles. The average Bonchev–Trinajstić information content (AvgIpc) is 3.16. The standard InChI is InChI=1S/C20H17NO2/c22-18-14-7-2-3-8-15(14)19(23)20(18)12-13-6-1-4-9-16(13)21-11-5-10-17(20)21/h1-4,6-9,17H,5,10-12H2. The third-order valence-electron chi connectivity index (χ3n) is 5.82. The molecule has 1 fully saturated rings. The van der Waals surface area contributed by atoms with E-state index < -0.39 is 5.41 Å². The summed E-state index contributed by atoms with van der Waals surface area (Å²) in [4.78, 5) is 28.9. The zero-order chi connectivity index (χ0) is 15.6. The van der Waals surface area contributed by atoms with Crippen molar-refractivity contribution in [2.75, 3.05) is 11.4 Å². The summed E-state index contributed by atoms with van der Waals surface area (Å²) in [6, 6.07) is 15.6. The smallest absolute Gasteiger partial charge is 0.179 e. The molecule has 0 radical (unpaired) electrons. The Morgan fingerprint density at radius 2 is 1.57 bits per heavy atom. The molecule has 2 aliphatic heterocycles. The first kappa shape index (κ1) is 13.1. The highest BCUT2D eigenvalue weighted by molar-refractivity contribution is 6.30. The highest BCUT2D eigenvalue weighted by Crippen LogP contribution is 2.52. The van der Waals surface area contributed by atoms with Gasteiger partial charge in [-0.15, -0.1) is 0 Å². The Kier molecular flexibility index (Phi) is 2.45. The number of Topliss-reactive ketones (excluding diaryl/α,β-unsaturated/α-hetero) is 2. The van der Waals surface area contributed by atoms with Crippen LogP contribution in [0, 0.1) is 5.41 Å². The minimum Gasteiger partial charge on any atom is -0.367 e. The highest BCUT2D eigenvalue weighted by atomic mass is 16.2. The zero-order valence-corrected chi connectivity index (χ0v) is 12.8. The molecule has 1 unspecified atom stereocenters. The maximum Gasteiger partial charge on any atom is 0.179 e. The summed E-state index contributed by atoms with van der Waals surface area (Å²) in [6.45, 7) is 0.931. The van der Waals surface area contributed by atoms with Crippen molar-refractivity contribution >= 4 is 17.3 Å². The summed E-state index contributed by atoms with van der Waals surface area (Å²) in [5.41, 5.74) is 2.65. The van der Waals surface area contributed by atoms with E-state index >= 15 is 0 Å². The van der Waals surface area contributed by atoms with Crippen LogP contribution in [0.5, 0.6) is 0 Å². The molecule has 2 heterocycles. The number of anilines is 1. The second kappa shape index (κ2) is 4.31. The molecule has 1 saturated heterocycles. The van der Waals surface area contributed by atoms with Gasteiger partial charge < -0.3 is 4.90 Å². The largest absolute Gasteiger partial charge is 0.367 e. The lowest BCUT2D eigenvalue weighted by Gasteiger charge is -2.44. The van der Waals surface area contributed by atoms with E-state index in [0.717, 1.165) is 24.9 Å². The maximum atomic E-state index is 13.3. The number of benzene rings is 2. The number of fused-ring (bicyclic) bond motifs is 5. The van der Waals surface area contributed by atoms with Crippen LogP contribution in [0.3, 0.4) is 0 Å². The Bertz CT molecular complexity index is 819. The third kappa shape index (κ3) is 1.45. The van der Waals surface area contributed by atoms with Crippen molar-refractivity contribution in [1.29, 1.82) is 0 Å². The number of ketones is 2. The van der Waals surface area contributed by atoms with Crippen LogP contribution < -0.4 is 4.90 Å². The predicted molar refractivity (Wildman–Crippen MR) is 88.1 cm³/mol. The molecule has 3 heteroatoms. The molecule has 0 aromatic heterocycles. The van der Waals surface area contributed by atoms with Crippen LogP contribution in [0.25, 0.3) is 0 Å². The Hall–Kier alpha value is -2.42. The maximum absolute atomic E-state index is 13.3. The highest BCUT2D eigenvalue weighted by Gasteiger charge is 2.61. The molecule has 0 amide bonds. The van der Waals surface area contributed by atoms with Gasteiger partial charge in [-0.1, -0.05) is 42.5 Å². The first-order valence-electron chi connectivity index (χ1n) is 8.27. The van der Waals surface area contributed by atoms with Crippen molar-refractivity contribution in [2.24, 2.45) is 5.41 Å². The van der Waals surface area contributed by atoms with Crippen LogP contribution in [0.15, 0.2) is 48.5 Å². The third-order valence-corrected chi connectivity index (χ3v) is 5.82. The molecule has 114 valence electrons. The summed E-state index contributed by atoms with van der Waals surface area (Å²) in [5.74, 6) is 0.0639. The molecule has 0 N–H and O–H groups in total. The normalized spacial score (nSPS) is 23.8. The Labute approximate surface area is 134 Å². The number of carbonyl (C=O) groups is 2. The van der Waals surface area contributed by atoms with Crippen LogP contribution in [-0.4, -0.2) is 24.2 Å². The fourth-order valence-corrected chi connectivity index (χ4v) is 4.85. The fraction of sp³-hybridized carbons (Fsp3) is 0.300. The van der Waals surface area contributed by atoms with Gasteiger partial charge in [0.05, 0.1) is 0 Å². The van der Waals surface area contributed by atoms with E-state index in [0.29, 0.717) is 17.5 Å². The first-order valence-corrected chi connectivity index (χ1v) is 8.27. The van der Waals surface area contributed by atoms with Gasteiger partial charge in [-0.3, -0.25) is 9.59 Å². The van der Waals surface area contributed by atoms with E-state index in [1.807, 2.05) is 36.4 Å². The van der Waals surface area contributed by atoms with E-state index in [-0.39, 0.29) is 17.6 Å². The molecule has 0 bridgehead atoms. The minimum atomic E-state index is -0.908. The van der Waals surface area contributed by atoms with Crippen LogP contribution >= 0.6 is 0 Å². The van der Waals surface area contributed by atoms with Gasteiger partial charge in [-0.2, -0.15) is 0 Å². The van der Waals surface area contributed by atoms with Crippen molar-refractivity contribution < 1.29 is 9.59 Å². The molecule has 23 heavy (non-hydrogen) atoms. The molecular weight excluding hydrogens is 286 g/mol. The molecule has 2 aromatic rings. The van der Waals surface area contributed by atoms with Gasteiger partial charge in [0, 0.05) is 29.4 Å². The first-order chi connectivity index (χ1) is 11.2. The van der Waals surface area contributed by atoms with E-state index in [4.69, 9.17) is 0 Å². The molecule has 5 rings (SSSR count). The van der Waals surface area contributed by atoms with Crippen LogP contribution in [0.1, 0.15) is 39.1 Å². The Morgan fingerprint density at radius 1 is 0.913 bits per heavy atom. The van der Waals surface area contributed by atoms with Gasteiger partial charge >= 0.3 is 0 Å². The van der Waals surface area contributed by atoms with E-state index in [2.05, 4.69) is 17.0 Å². The van der Waals surface area contributed by atoms with E-state index in [1.165, 1.54) is 5.69 Å². The number of hydrogen-bond donors (Lipinski definition) is 0. The van der Waals surface area contributed by atoms with Gasteiger partial charge in [-0.25, -0.2) is 0 Å². The van der Waals surface area contributed by atoms with Crippen molar-refractivity contribution in [3.8, 4) is 0 Å². The molecule has 1 aliphatic carbocycles. The summed E-state index contributed by atoms with van der Waals surface area (Å²) in [6.07, 6.45) is 2.49. The number of para-hydroxylation sites is 1. The molecule has 3 nitrogen and oxygen atoms in total. The summed E-state index contributed by atoms with van der Waals surface area (Å²) in [5, 5.41) is 0. The number of carbonyl (C=O) groups excluding carboxylic acids is 2. The summed E-state index contributed by atoms with van der Waals surface area (Å²) >= 11 is 0. The van der Waals surface area contributed by atoms with E-state index in [1.54, 1.807) is 0 Å².